The van der Waals surface area contributed by atoms with E-state index in [1.165, 1.54) is 6.07 Å². The molecular formula is C12H14FN3O. The molecule has 2 rings (SSSR count). The Morgan fingerprint density at radius 1 is 1.41 bits per heavy atom. The Balaban J connectivity index is 2.11. The Hall–Kier alpha value is -1.88. The van der Waals surface area contributed by atoms with Crippen LogP contribution >= 0.6 is 0 Å². The summed E-state index contributed by atoms with van der Waals surface area (Å²) < 4.78 is 18.6. The molecule has 0 atom stereocenters. The van der Waals surface area contributed by atoms with Crippen LogP contribution in [0.2, 0.25) is 0 Å². The second kappa shape index (κ2) is 4.97. The van der Waals surface area contributed by atoms with E-state index in [1.54, 1.807) is 36.2 Å². The molecule has 0 saturated carbocycles. The van der Waals surface area contributed by atoms with Crippen molar-refractivity contribution in [1.82, 2.24) is 5.16 Å². The van der Waals surface area contributed by atoms with Crippen LogP contribution in [0.1, 0.15) is 11.5 Å². The maximum absolute atomic E-state index is 13.5. The van der Waals surface area contributed by atoms with Crippen molar-refractivity contribution in [1.29, 1.82) is 0 Å². The van der Waals surface area contributed by atoms with Crippen molar-refractivity contribution in [2.75, 3.05) is 11.9 Å². The summed E-state index contributed by atoms with van der Waals surface area (Å²) in [5.41, 5.74) is 6.66. The van der Waals surface area contributed by atoms with Gasteiger partial charge in [-0.1, -0.05) is 17.3 Å². The molecule has 2 aromatic rings. The Morgan fingerprint density at radius 2 is 2.18 bits per heavy atom. The normalized spacial score (nSPS) is 10.5. The summed E-state index contributed by atoms with van der Waals surface area (Å²) in [4.78, 5) is 1.76. The number of aromatic nitrogens is 1. The lowest BCUT2D eigenvalue weighted by molar-refractivity contribution is 0.377. The maximum atomic E-state index is 13.5. The number of hydrogen-bond acceptors (Lipinski definition) is 4. The van der Waals surface area contributed by atoms with Crippen molar-refractivity contribution in [2.24, 2.45) is 5.73 Å². The number of para-hydroxylation sites is 1. The van der Waals surface area contributed by atoms with Crippen molar-refractivity contribution in [3.63, 3.8) is 0 Å². The number of halogens is 1. The highest BCUT2D eigenvalue weighted by molar-refractivity contribution is 5.46. The van der Waals surface area contributed by atoms with E-state index in [1.807, 2.05) is 0 Å². The highest BCUT2D eigenvalue weighted by atomic mass is 19.1. The molecule has 17 heavy (non-hydrogen) atoms. The van der Waals surface area contributed by atoms with Gasteiger partial charge in [0.2, 0.25) is 0 Å². The van der Waals surface area contributed by atoms with Crippen molar-refractivity contribution in [3.8, 4) is 0 Å². The predicted molar refractivity (Wildman–Crippen MR) is 62.9 cm³/mol. The minimum Gasteiger partial charge on any atom is -0.365 e. The van der Waals surface area contributed by atoms with Gasteiger partial charge in [0.1, 0.15) is 5.82 Å². The van der Waals surface area contributed by atoms with E-state index in [-0.39, 0.29) is 5.82 Å². The van der Waals surface area contributed by atoms with E-state index >= 15 is 0 Å². The van der Waals surface area contributed by atoms with E-state index in [9.17, 15) is 4.39 Å². The maximum Gasteiger partial charge on any atom is 0.156 e. The fourth-order valence-corrected chi connectivity index (χ4v) is 1.61. The summed E-state index contributed by atoms with van der Waals surface area (Å²) in [7, 11) is 1.79. The lowest BCUT2D eigenvalue weighted by atomic mass is 10.2. The first kappa shape index (κ1) is 11.6. The molecule has 0 radical (unpaired) electrons. The average Bonchev–Trinajstić information content (AvgIpc) is 2.77. The lowest BCUT2D eigenvalue weighted by Gasteiger charge is -2.17. The summed E-state index contributed by atoms with van der Waals surface area (Å²) >= 11 is 0. The molecule has 0 spiro atoms. The average molecular weight is 235 g/mol. The SMILES string of the molecule is CN(Cc1cc(CN)no1)c1ccccc1F. The van der Waals surface area contributed by atoms with Gasteiger partial charge in [0, 0.05) is 19.7 Å². The first-order valence-corrected chi connectivity index (χ1v) is 5.31. The topological polar surface area (TPSA) is 55.3 Å². The van der Waals surface area contributed by atoms with Crippen LogP contribution in [0, 0.1) is 5.82 Å². The van der Waals surface area contributed by atoms with Crippen LogP contribution in [0.5, 0.6) is 0 Å². The molecule has 4 nitrogen and oxygen atoms in total. The smallest absolute Gasteiger partial charge is 0.156 e. The second-order valence-electron chi connectivity index (χ2n) is 3.80. The Kier molecular flexibility index (Phi) is 3.39. The highest BCUT2D eigenvalue weighted by Gasteiger charge is 2.10. The van der Waals surface area contributed by atoms with E-state index in [2.05, 4.69) is 5.16 Å². The highest BCUT2D eigenvalue weighted by Crippen LogP contribution is 2.19. The molecule has 1 aromatic carbocycles. The second-order valence-corrected chi connectivity index (χ2v) is 3.80. The molecule has 1 aromatic heterocycles. The van der Waals surface area contributed by atoms with Crippen molar-refractivity contribution in [2.45, 2.75) is 13.1 Å². The standard InChI is InChI=1S/C12H14FN3O/c1-16(12-5-3-2-4-11(12)13)8-10-6-9(7-14)15-17-10/h2-6H,7-8,14H2,1H3. The van der Waals surface area contributed by atoms with E-state index < -0.39 is 0 Å². The quantitative estimate of drug-likeness (QED) is 0.879. The van der Waals surface area contributed by atoms with Crippen LogP contribution in [0.15, 0.2) is 34.9 Å². The molecule has 0 amide bonds. The van der Waals surface area contributed by atoms with Gasteiger partial charge in [-0.3, -0.25) is 0 Å². The van der Waals surface area contributed by atoms with Gasteiger partial charge in [0.05, 0.1) is 17.9 Å². The van der Waals surface area contributed by atoms with Crippen LogP contribution in [-0.4, -0.2) is 12.2 Å². The number of anilines is 1. The lowest BCUT2D eigenvalue weighted by Crippen LogP contribution is -2.17. The predicted octanol–water partition coefficient (Wildman–Crippen LogP) is 1.91. The van der Waals surface area contributed by atoms with Crippen LogP contribution in [-0.2, 0) is 13.1 Å². The molecule has 1 heterocycles. The number of rotatable bonds is 4. The van der Waals surface area contributed by atoms with E-state index in [0.717, 1.165) is 0 Å². The van der Waals surface area contributed by atoms with Crippen molar-refractivity contribution >= 4 is 5.69 Å². The zero-order valence-corrected chi connectivity index (χ0v) is 9.56. The number of benzene rings is 1. The van der Waals surface area contributed by atoms with Crippen molar-refractivity contribution in [3.05, 3.63) is 47.6 Å². The van der Waals surface area contributed by atoms with Crippen LogP contribution in [0.25, 0.3) is 0 Å². The van der Waals surface area contributed by atoms with Crippen molar-refractivity contribution < 1.29 is 8.91 Å². The Bertz CT molecular complexity index is 498. The van der Waals surface area contributed by atoms with Gasteiger partial charge >= 0.3 is 0 Å². The molecule has 0 aliphatic rings. The zero-order valence-electron chi connectivity index (χ0n) is 9.56. The summed E-state index contributed by atoms with van der Waals surface area (Å²) in [5.74, 6) is 0.407. The monoisotopic (exact) mass is 235 g/mol. The number of hydrogen-bond donors (Lipinski definition) is 1. The molecule has 0 bridgehead atoms. The van der Waals surface area contributed by atoms with Crippen LogP contribution < -0.4 is 10.6 Å². The third kappa shape index (κ3) is 2.62. The third-order valence-electron chi connectivity index (χ3n) is 2.47. The zero-order chi connectivity index (χ0) is 12.3. The fourth-order valence-electron chi connectivity index (χ4n) is 1.61. The molecule has 0 aliphatic heterocycles. The first-order chi connectivity index (χ1) is 8.20. The fraction of sp³-hybridized carbons (Fsp3) is 0.250. The minimum absolute atomic E-state index is 0.256. The Labute approximate surface area is 98.8 Å². The number of nitrogens with two attached hydrogens (primary N) is 1. The van der Waals surface area contributed by atoms with E-state index in [4.69, 9.17) is 10.3 Å². The van der Waals surface area contributed by atoms with Gasteiger partial charge in [-0.2, -0.15) is 0 Å². The molecular weight excluding hydrogens is 221 g/mol. The summed E-state index contributed by atoms with van der Waals surface area (Å²) in [5, 5.41) is 3.78. The first-order valence-electron chi connectivity index (χ1n) is 5.31. The summed E-state index contributed by atoms with van der Waals surface area (Å²) in [6.45, 7) is 0.793. The van der Waals surface area contributed by atoms with Gasteiger partial charge in [-0.05, 0) is 12.1 Å². The molecule has 0 aliphatic carbocycles. The molecule has 0 unspecified atom stereocenters. The molecule has 90 valence electrons. The summed E-state index contributed by atoms with van der Waals surface area (Å²) in [6, 6.07) is 8.37. The van der Waals surface area contributed by atoms with Gasteiger partial charge in [-0.15, -0.1) is 0 Å². The molecule has 0 saturated heterocycles. The molecule has 5 heteroatoms. The van der Waals surface area contributed by atoms with E-state index in [0.29, 0.717) is 30.2 Å². The molecule has 2 N–H and O–H groups in total. The van der Waals surface area contributed by atoms with Crippen LogP contribution in [0.3, 0.4) is 0 Å². The van der Waals surface area contributed by atoms with Gasteiger partial charge in [0.15, 0.2) is 5.76 Å². The van der Waals surface area contributed by atoms with Gasteiger partial charge < -0.3 is 15.2 Å². The largest absolute Gasteiger partial charge is 0.365 e. The van der Waals surface area contributed by atoms with Crippen LogP contribution in [0.4, 0.5) is 10.1 Å². The molecule has 0 fully saturated rings. The third-order valence-corrected chi connectivity index (χ3v) is 2.47. The summed E-state index contributed by atoms with van der Waals surface area (Å²) in [6.07, 6.45) is 0. The van der Waals surface area contributed by atoms with Gasteiger partial charge in [0.25, 0.3) is 0 Å². The Morgan fingerprint density at radius 3 is 2.82 bits per heavy atom. The van der Waals surface area contributed by atoms with Gasteiger partial charge in [-0.25, -0.2) is 4.39 Å². The number of nitrogens with zero attached hydrogens (tertiary/aromatic N) is 2. The minimum atomic E-state index is -0.256.